The van der Waals surface area contributed by atoms with Crippen molar-refractivity contribution in [2.45, 2.75) is 32.2 Å². The summed E-state index contributed by atoms with van der Waals surface area (Å²) in [7, 11) is -0.132. The molecule has 114 valence electrons. The molecule has 0 aromatic heterocycles. The summed E-state index contributed by atoms with van der Waals surface area (Å²) < 4.78 is 32.4. The molecule has 0 aromatic carbocycles. The maximum atomic E-state index is 12.3. The van der Waals surface area contributed by atoms with E-state index in [0.29, 0.717) is 32.3 Å². The zero-order valence-corrected chi connectivity index (χ0v) is 13.1. The van der Waals surface area contributed by atoms with Crippen LogP contribution in [0.1, 0.15) is 26.2 Å². The first-order chi connectivity index (χ1) is 9.02. The highest BCUT2D eigenvalue weighted by molar-refractivity contribution is 7.86. The summed E-state index contributed by atoms with van der Waals surface area (Å²) in [6.07, 6.45) is 3.36. The quantitative estimate of drug-likeness (QED) is 0.556. The predicted molar refractivity (Wildman–Crippen MR) is 76.3 cm³/mol. The van der Waals surface area contributed by atoms with E-state index < -0.39 is 10.2 Å². The lowest BCUT2D eigenvalue weighted by Gasteiger charge is -2.26. The van der Waals surface area contributed by atoms with Crippen molar-refractivity contribution in [2.24, 2.45) is 0 Å². The monoisotopic (exact) mass is 293 g/mol. The van der Waals surface area contributed by atoms with E-state index in [2.05, 4.69) is 5.32 Å². The molecule has 0 bridgehead atoms. The number of ether oxygens (including phenoxy) is 1. The first-order valence-corrected chi connectivity index (χ1v) is 8.35. The van der Waals surface area contributed by atoms with Gasteiger partial charge in [0.1, 0.15) is 0 Å². The van der Waals surface area contributed by atoms with E-state index in [4.69, 9.17) is 4.74 Å². The lowest BCUT2D eigenvalue weighted by atomic mass is 10.4. The van der Waals surface area contributed by atoms with Crippen LogP contribution in [0.5, 0.6) is 0 Å². The van der Waals surface area contributed by atoms with Crippen LogP contribution in [0.3, 0.4) is 0 Å². The molecule has 1 rings (SSSR count). The van der Waals surface area contributed by atoms with Crippen LogP contribution >= 0.6 is 0 Å². The molecular weight excluding hydrogens is 266 g/mol. The molecule has 0 aromatic rings. The molecule has 1 fully saturated rings. The second kappa shape index (κ2) is 8.16. The summed E-state index contributed by atoms with van der Waals surface area (Å²) in [5.41, 5.74) is 0. The first-order valence-electron chi connectivity index (χ1n) is 6.96. The smallest absolute Gasteiger partial charge is 0.281 e. The van der Waals surface area contributed by atoms with Crippen LogP contribution in [0, 0.1) is 0 Å². The number of nitrogens with one attached hydrogen (secondary N) is 1. The Hall–Kier alpha value is -0.210. The van der Waals surface area contributed by atoms with Crippen molar-refractivity contribution in [3.63, 3.8) is 0 Å². The minimum absolute atomic E-state index is 0.403. The maximum absolute atomic E-state index is 12.3. The zero-order valence-electron chi connectivity index (χ0n) is 12.3. The summed E-state index contributed by atoms with van der Waals surface area (Å²) in [5, 5.41) is 3.39. The van der Waals surface area contributed by atoms with Crippen LogP contribution in [-0.2, 0) is 14.9 Å². The van der Waals surface area contributed by atoms with E-state index in [1.54, 1.807) is 14.2 Å². The number of likely N-dealkylation sites (N-methyl/N-ethyl adjacent to an activating group) is 1. The molecule has 0 aliphatic heterocycles. The standard InChI is InChI=1S/C12H27N3O3S/c1-4-15(10-11-18-3)19(16,17)14(2)9-5-8-13-12-6-7-12/h12-13H,4-11H2,1-3H3. The largest absolute Gasteiger partial charge is 0.383 e. The maximum Gasteiger partial charge on any atom is 0.281 e. The Balaban J connectivity index is 2.34. The molecule has 1 aliphatic rings. The van der Waals surface area contributed by atoms with Crippen molar-refractivity contribution in [1.29, 1.82) is 0 Å². The minimum atomic E-state index is -3.35. The summed E-state index contributed by atoms with van der Waals surface area (Å²) in [6, 6.07) is 0.677. The van der Waals surface area contributed by atoms with Gasteiger partial charge in [-0.1, -0.05) is 6.92 Å². The van der Waals surface area contributed by atoms with Crippen molar-refractivity contribution in [1.82, 2.24) is 13.9 Å². The topological polar surface area (TPSA) is 61.9 Å². The fourth-order valence-electron chi connectivity index (χ4n) is 1.84. The van der Waals surface area contributed by atoms with Crippen LogP contribution in [0.15, 0.2) is 0 Å². The van der Waals surface area contributed by atoms with Gasteiger partial charge in [0.2, 0.25) is 0 Å². The van der Waals surface area contributed by atoms with Crippen molar-refractivity contribution in [3.05, 3.63) is 0 Å². The van der Waals surface area contributed by atoms with Gasteiger partial charge in [-0.3, -0.25) is 0 Å². The van der Waals surface area contributed by atoms with Crippen molar-refractivity contribution in [2.75, 3.05) is 46.9 Å². The number of nitrogens with zero attached hydrogens (tertiary/aromatic N) is 2. The van der Waals surface area contributed by atoms with Gasteiger partial charge in [-0.15, -0.1) is 0 Å². The number of hydrogen-bond donors (Lipinski definition) is 1. The fraction of sp³-hybridized carbons (Fsp3) is 1.00. The molecule has 1 aliphatic carbocycles. The molecule has 1 N–H and O–H groups in total. The predicted octanol–water partition coefficient (Wildman–Crippen LogP) is 0.273. The number of methoxy groups -OCH3 is 1. The van der Waals surface area contributed by atoms with Gasteiger partial charge in [0.15, 0.2) is 0 Å². The average molecular weight is 293 g/mol. The summed E-state index contributed by atoms with van der Waals surface area (Å²) in [4.78, 5) is 0. The summed E-state index contributed by atoms with van der Waals surface area (Å²) in [5.74, 6) is 0. The Labute approximate surface area is 117 Å². The van der Waals surface area contributed by atoms with Gasteiger partial charge in [0, 0.05) is 39.8 Å². The van der Waals surface area contributed by atoms with E-state index in [0.717, 1.165) is 13.0 Å². The molecule has 0 saturated heterocycles. The Morgan fingerprint density at radius 2 is 2.00 bits per heavy atom. The molecule has 0 heterocycles. The third kappa shape index (κ3) is 5.74. The average Bonchev–Trinajstić information content (AvgIpc) is 3.19. The lowest BCUT2D eigenvalue weighted by molar-refractivity contribution is 0.178. The summed E-state index contributed by atoms with van der Waals surface area (Å²) in [6.45, 7) is 4.57. The van der Waals surface area contributed by atoms with Gasteiger partial charge in [0.25, 0.3) is 10.2 Å². The van der Waals surface area contributed by atoms with Gasteiger partial charge in [0.05, 0.1) is 6.61 Å². The van der Waals surface area contributed by atoms with Crippen molar-refractivity contribution < 1.29 is 13.2 Å². The van der Waals surface area contributed by atoms with Crippen LogP contribution in [0.2, 0.25) is 0 Å². The molecule has 7 heteroatoms. The van der Waals surface area contributed by atoms with E-state index in [9.17, 15) is 8.42 Å². The highest BCUT2D eigenvalue weighted by Gasteiger charge is 2.25. The molecular formula is C12H27N3O3S. The number of hydrogen-bond acceptors (Lipinski definition) is 4. The van der Waals surface area contributed by atoms with Gasteiger partial charge in [-0.25, -0.2) is 0 Å². The molecule has 6 nitrogen and oxygen atoms in total. The van der Waals surface area contributed by atoms with E-state index in [1.165, 1.54) is 21.5 Å². The Morgan fingerprint density at radius 1 is 1.32 bits per heavy atom. The van der Waals surface area contributed by atoms with Crippen molar-refractivity contribution >= 4 is 10.2 Å². The molecule has 0 atom stereocenters. The van der Waals surface area contributed by atoms with Gasteiger partial charge in [-0.2, -0.15) is 17.0 Å². The van der Waals surface area contributed by atoms with E-state index in [-0.39, 0.29) is 0 Å². The number of rotatable bonds is 11. The Kier molecular flexibility index (Phi) is 7.23. The summed E-state index contributed by atoms with van der Waals surface area (Å²) >= 11 is 0. The zero-order chi connectivity index (χ0) is 14.3. The molecule has 0 unspecified atom stereocenters. The van der Waals surface area contributed by atoms with Crippen LogP contribution in [0.25, 0.3) is 0 Å². The Morgan fingerprint density at radius 3 is 2.53 bits per heavy atom. The van der Waals surface area contributed by atoms with Crippen LogP contribution in [0.4, 0.5) is 0 Å². The molecule has 0 amide bonds. The van der Waals surface area contributed by atoms with Gasteiger partial charge >= 0.3 is 0 Å². The second-order valence-corrected chi connectivity index (χ2v) is 6.93. The van der Waals surface area contributed by atoms with Crippen LogP contribution < -0.4 is 5.32 Å². The highest BCUT2D eigenvalue weighted by atomic mass is 32.2. The first kappa shape index (κ1) is 16.8. The van der Waals surface area contributed by atoms with Gasteiger partial charge < -0.3 is 10.1 Å². The second-order valence-electron chi connectivity index (χ2n) is 4.90. The Bertz CT molecular complexity index is 344. The molecule has 0 spiro atoms. The SMILES string of the molecule is CCN(CCOC)S(=O)(=O)N(C)CCCNC1CC1. The van der Waals surface area contributed by atoms with Gasteiger partial charge in [-0.05, 0) is 25.8 Å². The normalized spacial score (nSPS) is 16.5. The third-order valence-corrected chi connectivity index (χ3v) is 5.34. The highest BCUT2D eigenvalue weighted by Crippen LogP contribution is 2.18. The lowest BCUT2D eigenvalue weighted by Crippen LogP contribution is -2.44. The molecule has 19 heavy (non-hydrogen) atoms. The minimum Gasteiger partial charge on any atom is -0.383 e. The molecule has 1 saturated carbocycles. The van der Waals surface area contributed by atoms with E-state index in [1.807, 2.05) is 6.92 Å². The third-order valence-electron chi connectivity index (χ3n) is 3.28. The van der Waals surface area contributed by atoms with E-state index >= 15 is 0 Å². The van der Waals surface area contributed by atoms with Crippen molar-refractivity contribution in [3.8, 4) is 0 Å². The van der Waals surface area contributed by atoms with Crippen LogP contribution in [-0.4, -0.2) is 70.0 Å². The fourth-order valence-corrected chi connectivity index (χ4v) is 3.22. The molecule has 0 radical (unpaired) electrons.